The highest BCUT2D eigenvalue weighted by Crippen LogP contribution is 2.55. The number of fused-ring (bicyclic) bond motifs is 7. The first-order valence-electron chi connectivity index (χ1n) is 19.4. The smallest absolute Gasteiger partial charge is 0.216 e. The number of rotatable bonds is 8. The van der Waals surface area contributed by atoms with E-state index in [0.717, 1.165) is 32.2 Å². The molecule has 0 amide bonds. The quantitative estimate of drug-likeness (QED) is 0.142. The summed E-state index contributed by atoms with van der Waals surface area (Å²) in [5, 5.41) is 0. The van der Waals surface area contributed by atoms with Crippen LogP contribution in [0.3, 0.4) is 0 Å². The molecule has 0 spiro atoms. The lowest BCUT2D eigenvalue weighted by Crippen LogP contribution is -2.68. The van der Waals surface area contributed by atoms with Crippen LogP contribution >= 0.6 is 0 Å². The molecule has 4 heterocycles. The maximum absolute atomic E-state index is 2.78. The van der Waals surface area contributed by atoms with Crippen LogP contribution < -0.4 is 9.13 Å². The lowest BCUT2D eigenvalue weighted by atomic mass is 9.58. The summed E-state index contributed by atoms with van der Waals surface area (Å²) < 4.78 is 7.90. The molecule has 3 unspecified atom stereocenters. The lowest BCUT2D eigenvalue weighted by molar-refractivity contribution is -0.744. The summed E-state index contributed by atoms with van der Waals surface area (Å²) >= 11 is 0. The van der Waals surface area contributed by atoms with E-state index in [1.807, 2.05) is 0 Å². The van der Waals surface area contributed by atoms with E-state index in [4.69, 9.17) is 0 Å². The van der Waals surface area contributed by atoms with Gasteiger partial charge in [0, 0.05) is 46.6 Å². The number of aryl methyl sites for hydroxylation is 2. The van der Waals surface area contributed by atoms with Gasteiger partial charge in [-0.3, -0.25) is 0 Å². The molecule has 0 saturated carbocycles. The molecule has 9 rings (SSSR count). The van der Waals surface area contributed by atoms with Gasteiger partial charge in [-0.25, -0.2) is 4.57 Å². The van der Waals surface area contributed by atoms with Crippen molar-refractivity contribution in [3.8, 4) is 39.5 Å². The normalized spacial score (nSPS) is 20.0. The summed E-state index contributed by atoms with van der Waals surface area (Å²) in [6.07, 6.45) is 6.58. The second-order valence-electron chi connectivity index (χ2n) is 15.4. The van der Waals surface area contributed by atoms with Crippen molar-refractivity contribution in [1.29, 1.82) is 0 Å². The van der Waals surface area contributed by atoms with Gasteiger partial charge in [-0.15, -0.1) is 0 Å². The molecule has 52 heavy (non-hydrogen) atoms. The average Bonchev–Trinajstić information content (AvgIpc) is 3.56. The van der Waals surface area contributed by atoms with Gasteiger partial charge in [0.2, 0.25) is 5.69 Å². The van der Waals surface area contributed by atoms with Gasteiger partial charge in [-0.05, 0) is 85.7 Å². The fourth-order valence-corrected chi connectivity index (χ4v) is 10.3. The molecule has 0 N–H and O–H groups in total. The Morgan fingerprint density at radius 2 is 1.44 bits per heavy atom. The molecule has 3 heteroatoms. The number of hydrogen-bond donors (Lipinski definition) is 0. The number of imidazole rings is 1. The van der Waals surface area contributed by atoms with Crippen molar-refractivity contribution in [2.24, 2.45) is 0 Å². The number of nitrogens with zero attached hydrogens (tertiary/aromatic N) is 3. The van der Waals surface area contributed by atoms with Gasteiger partial charge in [-0.1, -0.05) is 112 Å². The van der Waals surface area contributed by atoms with Crippen LogP contribution in [0.4, 0.5) is 0 Å². The molecule has 0 aliphatic carbocycles. The van der Waals surface area contributed by atoms with Crippen LogP contribution in [0.15, 0.2) is 140 Å². The summed E-state index contributed by atoms with van der Waals surface area (Å²) in [7, 11) is 0. The SMILES string of the molecule is CCC1(CCC[n+]2ccccc2-c2cc(-c3ccccc3)ccc2C)c2ccccc2-c2n3c4c(cccc4[n+]2C1(C)CC)C(C)c1ccccc1-3. The third-order valence-electron chi connectivity index (χ3n) is 13.1. The predicted octanol–water partition coefficient (Wildman–Crippen LogP) is 11.2. The van der Waals surface area contributed by atoms with Gasteiger partial charge in [0.1, 0.15) is 17.8 Å². The summed E-state index contributed by atoms with van der Waals surface area (Å²) in [6.45, 7) is 13.0. The molecular formula is C49H49N3+2. The van der Waals surface area contributed by atoms with E-state index in [1.165, 1.54) is 72.7 Å². The molecular weight excluding hydrogens is 631 g/mol. The minimum Gasteiger partial charge on any atom is -0.216 e. The average molecular weight is 680 g/mol. The van der Waals surface area contributed by atoms with Crippen LogP contribution in [-0.2, 0) is 17.5 Å². The van der Waals surface area contributed by atoms with E-state index in [1.54, 1.807) is 0 Å². The molecule has 0 saturated heterocycles. The molecule has 2 aliphatic rings. The monoisotopic (exact) mass is 679 g/mol. The fourth-order valence-electron chi connectivity index (χ4n) is 10.3. The van der Waals surface area contributed by atoms with Crippen LogP contribution in [0.1, 0.15) is 81.5 Å². The van der Waals surface area contributed by atoms with Gasteiger partial charge in [0.05, 0.1) is 5.56 Å². The molecule has 3 nitrogen and oxygen atoms in total. The Balaban J connectivity index is 1.16. The molecule has 258 valence electrons. The molecule has 2 aliphatic heterocycles. The zero-order valence-corrected chi connectivity index (χ0v) is 31.2. The predicted molar refractivity (Wildman–Crippen MR) is 214 cm³/mol. The van der Waals surface area contributed by atoms with E-state index >= 15 is 0 Å². The number of pyridine rings is 1. The van der Waals surface area contributed by atoms with E-state index < -0.39 is 0 Å². The number of benzene rings is 5. The van der Waals surface area contributed by atoms with Gasteiger partial charge in [0.25, 0.3) is 5.82 Å². The van der Waals surface area contributed by atoms with Gasteiger partial charge < -0.3 is 0 Å². The molecule has 0 fully saturated rings. The first kappa shape index (κ1) is 32.6. The third-order valence-corrected chi connectivity index (χ3v) is 13.1. The second kappa shape index (κ2) is 12.4. The van der Waals surface area contributed by atoms with Crippen molar-refractivity contribution >= 4 is 11.0 Å². The topological polar surface area (TPSA) is 12.7 Å². The van der Waals surface area contributed by atoms with Crippen molar-refractivity contribution in [2.45, 2.75) is 83.7 Å². The third kappa shape index (κ3) is 4.57. The lowest BCUT2D eigenvalue weighted by Gasteiger charge is -2.50. The number of aromatic nitrogens is 3. The van der Waals surface area contributed by atoms with E-state index in [0.29, 0.717) is 5.92 Å². The molecule has 5 aromatic carbocycles. The Bertz CT molecular complexity index is 2470. The van der Waals surface area contributed by atoms with E-state index in [2.05, 4.69) is 188 Å². The highest BCUT2D eigenvalue weighted by Gasteiger charge is 2.59. The molecule has 2 aromatic heterocycles. The standard InChI is InChI=1S/C49H49N3/c1-6-48(5)49(7-2,30-18-32-50-31-16-15-25-43(50)41-33-37(29-28-34(41)3)36-19-9-8-10-20-36)42-24-13-11-22-40(42)47-51-44-26-14-12-21-38(44)35(4)39-23-17-27-45(46(39)51)52(47)48/h8-17,19-29,31,33,35H,6-7,18,30,32H2,1-5H3/q+2. The second-order valence-corrected chi connectivity index (χ2v) is 15.4. The van der Waals surface area contributed by atoms with Crippen LogP contribution in [0, 0.1) is 6.92 Å². The van der Waals surface area contributed by atoms with Crippen molar-refractivity contribution in [3.05, 3.63) is 162 Å². The Hall–Kier alpha value is -5.28. The molecule has 0 bridgehead atoms. The van der Waals surface area contributed by atoms with Crippen LogP contribution in [0.25, 0.3) is 50.5 Å². The highest BCUT2D eigenvalue weighted by molar-refractivity contribution is 5.87. The summed E-state index contributed by atoms with van der Waals surface area (Å²) in [4.78, 5) is 0. The molecule has 0 radical (unpaired) electrons. The minimum atomic E-state index is -0.138. The maximum Gasteiger partial charge on any atom is 0.295 e. The van der Waals surface area contributed by atoms with Crippen molar-refractivity contribution in [3.63, 3.8) is 0 Å². The van der Waals surface area contributed by atoms with Crippen molar-refractivity contribution in [2.75, 3.05) is 0 Å². The van der Waals surface area contributed by atoms with Crippen molar-refractivity contribution in [1.82, 2.24) is 4.57 Å². The van der Waals surface area contributed by atoms with Crippen LogP contribution in [0.5, 0.6) is 0 Å². The number of hydrogen-bond acceptors (Lipinski definition) is 0. The zero-order chi connectivity index (χ0) is 35.6. The van der Waals surface area contributed by atoms with Crippen LogP contribution in [0.2, 0.25) is 0 Å². The van der Waals surface area contributed by atoms with Crippen LogP contribution in [-0.4, -0.2) is 4.57 Å². The zero-order valence-electron chi connectivity index (χ0n) is 31.2. The Morgan fingerprint density at radius 3 is 2.27 bits per heavy atom. The molecule has 7 aromatic rings. The molecule has 3 atom stereocenters. The van der Waals surface area contributed by atoms with Gasteiger partial charge in [-0.2, -0.15) is 9.13 Å². The largest absolute Gasteiger partial charge is 0.295 e. The van der Waals surface area contributed by atoms with Gasteiger partial charge in [0.15, 0.2) is 17.2 Å². The van der Waals surface area contributed by atoms with E-state index in [-0.39, 0.29) is 11.0 Å². The summed E-state index contributed by atoms with van der Waals surface area (Å²) in [5.41, 5.74) is 16.0. The first-order chi connectivity index (χ1) is 25.4. The van der Waals surface area contributed by atoms with E-state index in [9.17, 15) is 0 Å². The fraction of sp³-hybridized carbons (Fsp3) is 0.265. The Morgan fingerprint density at radius 1 is 0.692 bits per heavy atom. The Labute approximate surface area is 308 Å². The summed E-state index contributed by atoms with van der Waals surface area (Å²) in [5.74, 6) is 1.68. The number of para-hydroxylation sites is 2. The van der Waals surface area contributed by atoms with Crippen molar-refractivity contribution < 1.29 is 9.13 Å². The Kier molecular flexibility index (Phi) is 7.80. The minimum absolute atomic E-state index is 0.0526. The van der Waals surface area contributed by atoms with Gasteiger partial charge >= 0.3 is 0 Å². The first-order valence-corrected chi connectivity index (χ1v) is 19.4. The maximum atomic E-state index is 2.78. The highest BCUT2D eigenvalue weighted by atomic mass is 15.2. The summed E-state index contributed by atoms with van der Waals surface area (Å²) in [6, 6.07) is 49.8.